The molecular weight excluding hydrogens is 486 g/mol. The fourth-order valence-electron chi connectivity index (χ4n) is 4.37. The summed E-state index contributed by atoms with van der Waals surface area (Å²) in [5, 5.41) is 0. The summed E-state index contributed by atoms with van der Waals surface area (Å²) in [7, 11) is -2.54. The van der Waals surface area contributed by atoms with Crippen LogP contribution >= 0.6 is 0 Å². The quantitative estimate of drug-likeness (QED) is 0.240. The predicted octanol–water partition coefficient (Wildman–Crippen LogP) is 5.67. The summed E-state index contributed by atoms with van der Waals surface area (Å²) in [4.78, 5) is 13.5. The van der Waals surface area contributed by atoms with E-state index in [9.17, 15) is 13.2 Å². The van der Waals surface area contributed by atoms with E-state index in [4.69, 9.17) is 15.2 Å². The normalized spacial score (nSPS) is 11.2. The second kappa shape index (κ2) is 10.9. The summed E-state index contributed by atoms with van der Waals surface area (Å²) >= 11 is 0. The molecule has 0 heterocycles. The highest BCUT2D eigenvalue weighted by Gasteiger charge is 2.31. The van der Waals surface area contributed by atoms with E-state index in [1.54, 1.807) is 26.0 Å². The minimum Gasteiger partial charge on any atom is -0.497 e. The van der Waals surface area contributed by atoms with Gasteiger partial charge in [0.25, 0.3) is 0 Å². The largest absolute Gasteiger partial charge is 0.497 e. The van der Waals surface area contributed by atoms with E-state index in [0.29, 0.717) is 23.3 Å². The molecule has 0 saturated carbocycles. The summed E-state index contributed by atoms with van der Waals surface area (Å²) < 4.78 is 38.4. The van der Waals surface area contributed by atoms with Gasteiger partial charge in [-0.2, -0.15) is 0 Å². The summed E-state index contributed by atoms with van der Waals surface area (Å²) in [6, 6.07) is 25.0. The van der Waals surface area contributed by atoms with E-state index in [2.05, 4.69) is 0 Å². The van der Waals surface area contributed by atoms with Crippen molar-refractivity contribution in [3.05, 3.63) is 118 Å². The van der Waals surface area contributed by atoms with E-state index in [1.807, 2.05) is 60.7 Å². The molecule has 4 aromatic carbocycles. The number of nitrogens with two attached hydrogens (primary N) is 1. The van der Waals surface area contributed by atoms with Crippen LogP contribution < -0.4 is 10.5 Å². The lowest BCUT2D eigenvalue weighted by molar-refractivity contribution is 0.0470. The Morgan fingerprint density at radius 3 is 1.95 bits per heavy atom. The molecule has 0 bridgehead atoms. The Balaban J connectivity index is 1.86. The molecule has 0 spiro atoms. The van der Waals surface area contributed by atoms with Crippen molar-refractivity contribution in [1.29, 1.82) is 0 Å². The number of nitrogen functional groups attached to an aromatic ring is 1. The number of ether oxygens (including phenoxy) is 2. The Labute approximate surface area is 217 Å². The Hall–Kier alpha value is -4.10. The van der Waals surface area contributed by atoms with Crippen LogP contribution in [0, 0.1) is 13.8 Å². The molecule has 37 heavy (non-hydrogen) atoms. The van der Waals surface area contributed by atoms with Crippen LogP contribution in [0.5, 0.6) is 5.75 Å². The highest BCUT2D eigenvalue weighted by Crippen LogP contribution is 2.38. The molecule has 2 N–H and O–H groups in total. The zero-order valence-electron chi connectivity index (χ0n) is 21.0. The minimum atomic E-state index is -4.05. The van der Waals surface area contributed by atoms with Crippen molar-refractivity contribution in [3.63, 3.8) is 0 Å². The Bertz CT molecular complexity index is 1510. The topological polar surface area (TPSA) is 95.7 Å². The first kappa shape index (κ1) is 26.0. The summed E-state index contributed by atoms with van der Waals surface area (Å²) in [5.41, 5.74) is 10.1. The molecule has 0 aliphatic carbocycles. The van der Waals surface area contributed by atoms with Gasteiger partial charge in [-0.05, 0) is 72.4 Å². The number of anilines is 1. The fraction of sp³-hybridized carbons (Fsp3) is 0.167. The standard InChI is InChI=1S/C30H29NO5S/c1-20-26(18-22-10-6-4-7-11-22)27(30(32)36-19-23-12-8-5-9-13-23)21(2)29(28(20)31)37(33,34)25-16-14-24(35-3)15-17-25/h4-17H,18-19,31H2,1-3H3. The van der Waals surface area contributed by atoms with E-state index >= 15 is 0 Å². The van der Waals surface area contributed by atoms with Gasteiger partial charge in [0.05, 0.1) is 28.2 Å². The highest BCUT2D eigenvalue weighted by molar-refractivity contribution is 7.91. The maximum absolute atomic E-state index is 13.8. The Morgan fingerprint density at radius 1 is 0.811 bits per heavy atom. The molecule has 0 unspecified atom stereocenters. The Kier molecular flexibility index (Phi) is 7.64. The van der Waals surface area contributed by atoms with Crippen molar-refractivity contribution in [3.8, 4) is 5.75 Å². The van der Waals surface area contributed by atoms with Crippen LogP contribution in [-0.4, -0.2) is 21.5 Å². The van der Waals surface area contributed by atoms with Gasteiger partial charge in [-0.1, -0.05) is 60.7 Å². The van der Waals surface area contributed by atoms with Gasteiger partial charge in [-0.3, -0.25) is 0 Å². The molecule has 0 atom stereocenters. The summed E-state index contributed by atoms with van der Waals surface area (Å²) in [6.45, 7) is 3.42. The smallest absolute Gasteiger partial charge is 0.339 e. The van der Waals surface area contributed by atoms with E-state index in [-0.39, 0.29) is 33.2 Å². The van der Waals surface area contributed by atoms with Crippen molar-refractivity contribution in [1.82, 2.24) is 0 Å². The number of hydrogen-bond donors (Lipinski definition) is 1. The molecule has 6 nitrogen and oxygen atoms in total. The number of benzene rings is 4. The van der Waals surface area contributed by atoms with Gasteiger partial charge in [-0.15, -0.1) is 0 Å². The van der Waals surface area contributed by atoms with Gasteiger partial charge in [0.1, 0.15) is 12.4 Å². The first-order valence-corrected chi connectivity index (χ1v) is 13.3. The lowest BCUT2D eigenvalue weighted by atomic mass is 9.91. The average Bonchev–Trinajstić information content (AvgIpc) is 2.91. The molecule has 0 amide bonds. The molecule has 0 aromatic heterocycles. The third kappa shape index (κ3) is 5.37. The summed E-state index contributed by atoms with van der Waals surface area (Å²) in [6.07, 6.45) is 0.399. The van der Waals surface area contributed by atoms with Gasteiger partial charge in [-0.25, -0.2) is 13.2 Å². The average molecular weight is 516 g/mol. The molecule has 0 aliphatic heterocycles. The van der Waals surface area contributed by atoms with Crippen LogP contribution in [0.1, 0.15) is 38.2 Å². The molecule has 7 heteroatoms. The molecular formula is C30H29NO5S. The molecule has 0 saturated heterocycles. The van der Waals surface area contributed by atoms with E-state index < -0.39 is 15.8 Å². The third-order valence-corrected chi connectivity index (χ3v) is 8.35. The fourth-order valence-corrected chi connectivity index (χ4v) is 6.05. The number of sulfone groups is 1. The van der Waals surface area contributed by atoms with Crippen molar-refractivity contribution >= 4 is 21.5 Å². The van der Waals surface area contributed by atoms with Crippen LogP contribution in [0.4, 0.5) is 5.69 Å². The van der Waals surface area contributed by atoms with Gasteiger partial charge < -0.3 is 15.2 Å². The second-order valence-corrected chi connectivity index (χ2v) is 10.6. The van der Waals surface area contributed by atoms with Gasteiger partial charge in [0.15, 0.2) is 0 Å². The SMILES string of the molecule is COc1ccc(S(=O)(=O)c2c(C)c(C(=O)OCc3ccccc3)c(Cc3ccccc3)c(C)c2N)cc1. The van der Waals surface area contributed by atoms with Crippen LogP contribution in [-0.2, 0) is 27.6 Å². The van der Waals surface area contributed by atoms with Gasteiger partial charge in [0.2, 0.25) is 9.84 Å². The molecule has 0 fully saturated rings. The van der Waals surface area contributed by atoms with Crippen LogP contribution in [0.15, 0.2) is 94.7 Å². The molecule has 0 aliphatic rings. The van der Waals surface area contributed by atoms with Crippen LogP contribution in [0.3, 0.4) is 0 Å². The third-order valence-electron chi connectivity index (χ3n) is 6.40. The monoisotopic (exact) mass is 515 g/mol. The minimum absolute atomic E-state index is 0.0573. The Morgan fingerprint density at radius 2 is 1.38 bits per heavy atom. The lowest BCUT2D eigenvalue weighted by Crippen LogP contribution is -2.18. The van der Waals surface area contributed by atoms with Crippen LogP contribution in [0.2, 0.25) is 0 Å². The number of carbonyl (C=O) groups is 1. The molecule has 0 radical (unpaired) electrons. The van der Waals surface area contributed by atoms with Crippen molar-refractivity contribution in [2.24, 2.45) is 0 Å². The van der Waals surface area contributed by atoms with Gasteiger partial charge >= 0.3 is 5.97 Å². The number of carbonyl (C=O) groups excluding carboxylic acids is 1. The van der Waals surface area contributed by atoms with E-state index in [0.717, 1.165) is 11.1 Å². The number of hydrogen-bond acceptors (Lipinski definition) is 6. The maximum Gasteiger partial charge on any atom is 0.339 e. The van der Waals surface area contributed by atoms with Crippen molar-refractivity contribution in [2.75, 3.05) is 12.8 Å². The first-order chi connectivity index (χ1) is 17.7. The highest BCUT2D eigenvalue weighted by atomic mass is 32.2. The lowest BCUT2D eigenvalue weighted by Gasteiger charge is -2.21. The zero-order valence-corrected chi connectivity index (χ0v) is 21.8. The molecule has 4 rings (SSSR count). The number of methoxy groups -OCH3 is 1. The maximum atomic E-state index is 13.8. The van der Waals surface area contributed by atoms with E-state index in [1.165, 1.54) is 19.2 Å². The zero-order chi connectivity index (χ0) is 26.6. The first-order valence-electron chi connectivity index (χ1n) is 11.8. The number of esters is 1. The predicted molar refractivity (Wildman–Crippen MR) is 144 cm³/mol. The second-order valence-electron chi connectivity index (χ2n) is 8.75. The van der Waals surface area contributed by atoms with Crippen molar-refractivity contribution in [2.45, 2.75) is 36.7 Å². The molecule has 4 aromatic rings. The van der Waals surface area contributed by atoms with Gasteiger partial charge in [0, 0.05) is 0 Å². The van der Waals surface area contributed by atoms with Crippen LogP contribution in [0.25, 0.3) is 0 Å². The number of rotatable bonds is 8. The molecule has 190 valence electrons. The summed E-state index contributed by atoms with van der Waals surface area (Å²) in [5.74, 6) is -0.0650. The van der Waals surface area contributed by atoms with Crippen molar-refractivity contribution < 1.29 is 22.7 Å².